The number of nitrogens with zero attached hydrogens (tertiary/aromatic N) is 1. The average molecular weight is 202 g/mol. The van der Waals surface area contributed by atoms with Crippen molar-refractivity contribution >= 4 is 24.8 Å². The van der Waals surface area contributed by atoms with Crippen molar-refractivity contribution in [1.82, 2.24) is 4.98 Å². The Bertz CT molecular complexity index is 256. The third-order valence-electron chi connectivity index (χ3n) is 1.22. The molecule has 0 saturated carbocycles. The van der Waals surface area contributed by atoms with Gasteiger partial charge in [-0.15, -0.1) is 11.3 Å². The summed E-state index contributed by atoms with van der Waals surface area (Å²) in [6.45, 7) is 7.07. The lowest BCUT2D eigenvalue weighted by Gasteiger charge is -2.15. The van der Waals surface area contributed by atoms with Crippen molar-refractivity contribution in [3.8, 4) is 0 Å². The van der Waals surface area contributed by atoms with Gasteiger partial charge in [0.1, 0.15) is 0 Å². The number of hydrogen-bond acceptors (Lipinski definition) is 4. The Labute approximate surface area is 77.7 Å². The zero-order valence-electron chi connectivity index (χ0n) is 7.63. The fourth-order valence-electron chi connectivity index (χ4n) is 0.679. The minimum atomic E-state index is -1.41. The van der Waals surface area contributed by atoms with Gasteiger partial charge in [-0.05, 0) is 19.6 Å². The summed E-state index contributed by atoms with van der Waals surface area (Å²) >= 11 is 1.46. The maximum Gasteiger partial charge on any atom is 0.184 e. The van der Waals surface area contributed by atoms with Crippen molar-refractivity contribution < 1.29 is 4.43 Å². The second kappa shape index (κ2) is 3.55. The van der Waals surface area contributed by atoms with Gasteiger partial charge in [0.05, 0.1) is 12.3 Å². The molecule has 0 saturated heterocycles. The molecule has 1 aromatic rings. The summed E-state index contributed by atoms with van der Waals surface area (Å²) in [5.74, 6) is 0. The van der Waals surface area contributed by atoms with Crippen molar-refractivity contribution in [3.63, 3.8) is 0 Å². The Morgan fingerprint density at radius 1 is 1.58 bits per heavy atom. The molecule has 5 heteroatoms. The topological polar surface area (TPSA) is 48.1 Å². The van der Waals surface area contributed by atoms with Crippen LogP contribution in [0.25, 0.3) is 0 Å². The number of thiazole rings is 1. The Balaban J connectivity index is 2.44. The first-order chi connectivity index (χ1) is 5.47. The van der Waals surface area contributed by atoms with Crippen molar-refractivity contribution in [2.24, 2.45) is 0 Å². The van der Waals surface area contributed by atoms with E-state index in [0.717, 1.165) is 5.69 Å². The predicted octanol–water partition coefficient (Wildman–Crippen LogP) is 2.08. The van der Waals surface area contributed by atoms with Gasteiger partial charge in [-0.2, -0.15) is 0 Å². The third kappa shape index (κ3) is 3.34. The van der Waals surface area contributed by atoms with Crippen LogP contribution >= 0.6 is 11.3 Å². The summed E-state index contributed by atoms with van der Waals surface area (Å²) in [6.07, 6.45) is 0. The van der Waals surface area contributed by atoms with Gasteiger partial charge < -0.3 is 10.2 Å². The van der Waals surface area contributed by atoms with E-state index in [0.29, 0.717) is 11.7 Å². The van der Waals surface area contributed by atoms with Gasteiger partial charge in [0.2, 0.25) is 0 Å². The molecule has 0 unspecified atom stereocenters. The normalized spacial score (nSPS) is 11.9. The lowest BCUT2D eigenvalue weighted by atomic mass is 10.5. The third-order valence-corrected chi connectivity index (χ3v) is 2.96. The van der Waals surface area contributed by atoms with E-state index in [1.165, 1.54) is 11.3 Å². The number of rotatable bonds is 3. The second-order valence-electron chi connectivity index (χ2n) is 3.58. The van der Waals surface area contributed by atoms with E-state index >= 15 is 0 Å². The van der Waals surface area contributed by atoms with Gasteiger partial charge in [-0.3, -0.25) is 0 Å². The molecule has 1 heterocycles. The molecule has 0 spiro atoms. The van der Waals surface area contributed by atoms with Crippen LogP contribution in [0.5, 0.6) is 0 Å². The molecule has 0 aliphatic rings. The van der Waals surface area contributed by atoms with Gasteiger partial charge in [0, 0.05) is 5.38 Å². The number of aromatic nitrogens is 1. The van der Waals surface area contributed by atoms with Crippen LogP contribution in [0.2, 0.25) is 19.6 Å². The molecule has 0 bridgehead atoms. The maximum atomic E-state index is 5.66. The molecular formula is C7H14N2OSSi. The Hall–Kier alpha value is -0.393. The molecule has 68 valence electrons. The molecule has 0 aliphatic carbocycles. The van der Waals surface area contributed by atoms with Crippen molar-refractivity contribution in [3.05, 3.63) is 11.1 Å². The van der Waals surface area contributed by atoms with Crippen molar-refractivity contribution in [1.29, 1.82) is 0 Å². The van der Waals surface area contributed by atoms with Gasteiger partial charge in [-0.25, -0.2) is 4.98 Å². The standard InChI is InChI=1S/C7H14N2OSSi/c1-12(2,3)10-4-6-5-11-7(8)9-6/h5H,4H2,1-3H3,(H2,8,9). The largest absolute Gasteiger partial charge is 0.412 e. The summed E-state index contributed by atoms with van der Waals surface area (Å²) in [6, 6.07) is 0. The highest BCUT2D eigenvalue weighted by atomic mass is 32.1. The lowest BCUT2D eigenvalue weighted by Crippen LogP contribution is -2.24. The van der Waals surface area contributed by atoms with Crippen LogP contribution in [-0.2, 0) is 11.0 Å². The molecule has 0 aromatic carbocycles. The molecule has 3 nitrogen and oxygen atoms in total. The molecule has 1 rings (SSSR count). The summed E-state index contributed by atoms with van der Waals surface area (Å²) in [4.78, 5) is 4.11. The lowest BCUT2D eigenvalue weighted by molar-refractivity contribution is 0.295. The second-order valence-corrected chi connectivity index (χ2v) is 8.98. The molecule has 0 aliphatic heterocycles. The highest BCUT2D eigenvalue weighted by molar-refractivity contribution is 7.13. The summed E-state index contributed by atoms with van der Waals surface area (Å²) in [7, 11) is -1.41. The Kier molecular flexibility index (Phi) is 2.87. The molecule has 12 heavy (non-hydrogen) atoms. The Morgan fingerprint density at radius 2 is 2.25 bits per heavy atom. The molecule has 0 radical (unpaired) electrons. The van der Waals surface area contributed by atoms with E-state index in [2.05, 4.69) is 24.6 Å². The maximum absolute atomic E-state index is 5.66. The molecule has 0 amide bonds. The minimum Gasteiger partial charge on any atom is -0.412 e. The summed E-state index contributed by atoms with van der Waals surface area (Å²) < 4.78 is 5.66. The highest BCUT2D eigenvalue weighted by Crippen LogP contribution is 2.14. The van der Waals surface area contributed by atoms with Crippen LogP contribution < -0.4 is 5.73 Å². The summed E-state index contributed by atoms with van der Waals surface area (Å²) in [5, 5.41) is 2.55. The quantitative estimate of drug-likeness (QED) is 0.763. The number of nitrogen functional groups attached to an aromatic ring is 1. The smallest absolute Gasteiger partial charge is 0.184 e. The van der Waals surface area contributed by atoms with Crippen molar-refractivity contribution in [2.75, 3.05) is 5.73 Å². The predicted molar refractivity (Wildman–Crippen MR) is 54.7 cm³/mol. The van der Waals surface area contributed by atoms with Crippen molar-refractivity contribution in [2.45, 2.75) is 26.2 Å². The van der Waals surface area contributed by atoms with Gasteiger partial charge in [0.25, 0.3) is 0 Å². The van der Waals surface area contributed by atoms with E-state index in [1.54, 1.807) is 0 Å². The minimum absolute atomic E-state index is 0.601. The van der Waals surface area contributed by atoms with E-state index in [9.17, 15) is 0 Å². The fourth-order valence-corrected chi connectivity index (χ4v) is 1.81. The average Bonchev–Trinajstić information content (AvgIpc) is 2.30. The van der Waals surface area contributed by atoms with Crippen LogP contribution in [-0.4, -0.2) is 13.3 Å². The van der Waals surface area contributed by atoms with Crippen LogP contribution in [0, 0.1) is 0 Å². The van der Waals surface area contributed by atoms with Gasteiger partial charge in [0.15, 0.2) is 13.4 Å². The first-order valence-electron chi connectivity index (χ1n) is 3.81. The van der Waals surface area contributed by atoms with E-state index in [-0.39, 0.29) is 0 Å². The molecule has 0 atom stereocenters. The number of anilines is 1. The van der Waals surface area contributed by atoms with E-state index in [4.69, 9.17) is 10.2 Å². The van der Waals surface area contributed by atoms with E-state index in [1.807, 2.05) is 5.38 Å². The van der Waals surface area contributed by atoms with Crippen LogP contribution in [0.4, 0.5) is 5.13 Å². The molecular weight excluding hydrogens is 188 g/mol. The zero-order chi connectivity index (χ0) is 9.19. The number of nitrogens with two attached hydrogens (primary N) is 1. The number of hydrogen-bond donors (Lipinski definition) is 1. The highest BCUT2D eigenvalue weighted by Gasteiger charge is 2.14. The molecule has 1 aromatic heterocycles. The first-order valence-corrected chi connectivity index (χ1v) is 8.10. The summed E-state index contributed by atoms with van der Waals surface area (Å²) in [5.41, 5.74) is 6.43. The SMILES string of the molecule is C[Si](C)(C)OCc1csc(N)n1. The van der Waals surface area contributed by atoms with Gasteiger partial charge in [-0.1, -0.05) is 0 Å². The zero-order valence-corrected chi connectivity index (χ0v) is 9.44. The van der Waals surface area contributed by atoms with E-state index < -0.39 is 8.32 Å². The van der Waals surface area contributed by atoms with Crippen LogP contribution in [0.1, 0.15) is 5.69 Å². The molecule has 2 N–H and O–H groups in total. The monoisotopic (exact) mass is 202 g/mol. The van der Waals surface area contributed by atoms with Crippen LogP contribution in [0.3, 0.4) is 0 Å². The van der Waals surface area contributed by atoms with Crippen LogP contribution in [0.15, 0.2) is 5.38 Å². The fraction of sp³-hybridized carbons (Fsp3) is 0.571. The first kappa shape index (κ1) is 9.69. The van der Waals surface area contributed by atoms with Gasteiger partial charge >= 0.3 is 0 Å². The Morgan fingerprint density at radius 3 is 2.67 bits per heavy atom. The molecule has 0 fully saturated rings.